The van der Waals surface area contributed by atoms with Crippen LogP contribution in [0.15, 0.2) is 0 Å². The Labute approximate surface area is 68.2 Å². The highest BCUT2D eigenvalue weighted by Crippen LogP contribution is 2.13. The van der Waals surface area contributed by atoms with Crippen molar-refractivity contribution in [2.75, 3.05) is 5.75 Å². The van der Waals surface area contributed by atoms with Gasteiger partial charge in [0.05, 0.1) is 0 Å². The van der Waals surface area contributed by atoms with Crippen LogP contribution in [0.3, 0.4) is 0 Å². The first-order valence-electron chi connectivity index (χ1n) is 3.96. The van der Waals surface area contributed by atoms with E-state index in [9.17, 15) is 0 Å². The van der Waals surface area contributed by atoms with Crippen molar-refractivity contribution in [3.05, 3.63) is 0 Å². The summed E-state index contributed by atoms with van der Waals surface area (Å²) in [7, 11) is 1.93. The third kappa shape index (κ3) is 5.24. The summed E-state index contributed by atoms with van der Waals surface area (Å²) in [6.45, 7) is 4.58. The van der Waals surface area contributed by atoms with Gasteiger partial charge in [-0.15, -0.1) is 0 Å². The van der Waals surface area contributed by atoms with Crippen LogP contribution >= 0.6 is 11.8 Å². The second-order valence-electron chi connectivity index (χ2n) is 2.27. The highest BCUT2D eigenvalue weighted by Gasteiger charge is 2.02. The summed E-state index contributed by atoms with van der Waals surface area (Å²) in [5, 5.41) is 0. The standard InChI is InChI=1S/C6H18SSi2/c1-3-5-6(9-8)7-4-2/h6H,3-5,9H2,1-2,8H3/t6-/m1/s1. The van der Waals surface area contributed by atoms with E-state index in [0.717, 1.165) is 4.87 Å². The van der Waals surface area contributed by atoms with Crippen LogP contribution in [-0.4, -0.2) is 29.4 Å². The third-order valence-electron chi connectivity index (χ3n) is 1.47. The second kappa shape index (κ2) is 6.90. The van der Waals surface area contributed by atoms with Gasteiger partial charge in [-0.25, -0.2) is 0 Å². The van der Waals surface area contributed by atoms with Gasteiger partial charge >= 0.3 is 0 Å². The van der Waals surface area contributed by atoms with E-state index in [4.69, 9.17) is 0 Å². The molecule has 0 fully saturated rings. The van der Waals surface area contributed by atoms with Crippen molar-refractivity contribution in [3.63, 3.8) is 0 Å². The maximum absolute atomic E-state index is 2.30. The van der Waals surface area contributed by atoms with E-state index in [0.29, 0.717) is 9.04 Å². The molecule has 0 aromatic rings. The minimum Gasteiger partial charge on any atom is -0.163 e. The molecule has 0 rings (SSSR count). The van der Waals surface area contributed by atoms with E-state index in [-0.39, 0.29) is 0 Å². The van der Waals surface area contributed by atoms with Crippen molar-refractivity contribution in [2.24, 2.45) is 0 Å². The quantitative estimate of drug-likeness (QED) is 0.546. The molecular weight excluding hydrogens is 160 g/mol. The largest absolute Gasteiger partial charge is 0.163 e. The Morgan fingerprint density at radius 1 is 1.56 bits per heavy atom. The smallest absolute Gasteiger partial charge is 0.0202 e. The van der Waals surface area contributed by atoms with Crippen LogP contribution in [0.1, 0.15) is 26.7 Å². The Balaban J connectivity index is 3.18. The summed E-state index contributed by atoms with van der Waals surface area (Å²) in [6.07, 6.45) is 2.89. The maximum Gasteiger partial charge on any atom is 0.0202 e. The molecule has 0 saturated heterocycles. The van der Waals surface area contributed by atoms with Gasteiger partial charge in [0.25, 0.3) is 0 Å². The highest BCUT2D eigenvalue weighted by atomic mass is 32.2. The molecule has 3 heteroatoms. The molecule has 0 nitrogen and oxygen atoms in total. The summed E-state index contributed by atoms with van der Waals surface area (Å²) < 4.78 is 0. The first kappa shape index (κ1) is 9.78. The summed E-state index contributed by atoms with van der Waals surface area (Å²) in [6, 6.07) is 0. The topological polar surface area (TPSA) is 0 Å². The molecule has 0 aliphatic carbocycles. The lowest BCUT2D eigenvalue weighted by molar-refractivity contribution is 0.863. The monoisotopic (exact) mass is 178 g/mol. The Morgan fingerprint density at radius 2 is 2.22 bits per heavy atom. The average molecular weight is 178 g/mol. The molecular formula is C6H18SSi2. The van der Waals surface area contributed by atoms with Gasteiger partial charge < -0.3 is 0 Å². The Kier molecular flexibility index (Phi) is 7.50. The third-order valence-corrected chi connectivity index (χ3v) is 10.3. The van der Waals surface area contributed by atoms with Crippen molar-refractivity contribution in [1.82, 2.24) is 0 Å². The molecule has 0 aromatic carbocycles. The van der Waals surface area contributed by atoms with Crippen molar-refractivity contribution in [3.8, 4) is 0 Å². The van der Waals surface area contributed by atoms with E-state index < -0.39 is 0 Å². The molecule has 0 aliphatic heterocycles. The molecule has 56 valence electrons. The van der Waals surface area contributed by atoms with Crippen molar-refractivity contribution < 1.29 is 0 Å². The molecule has 9 heavy (non-hydrogen) atoms. The first-order chi connectivity index (χ1) is 4.35. The van der Waals surface area contributed by atoms with Crippen LogP contribution in [0.2, 0.25) is 0 Å². The molecule has 0 spiro atoms. The van der Waals surface area contributed by atoms with Crippen molar-refractivity contribution in [1.29, 1.82) is 0 Å². The molecule has 0 bridgehead atoms. The minimum absolute atomic E-state index is 0.408. The predicted octanol–water partition coefficient (Wildman–Crippen LogP) is 0.315. The van der Waals surface area contributed by atoms with Crippen LogP contribution in [-0.2, 0) is 0 Å². The van der Waals surface area contributed by atoms with Crippen LogP contribution in [0.5, 0.6) is 0 Å². The zero-order valence-corrected chi connectivity index (χ0v) is 11.0. The Morgan fingerprint density at radius 3 is 2.56 bits per heavy atom. The van der Waals surface area contributed by atoms with Crippen LogP contribution < -0.4 is 0 Å². The van der Waals surface area contributed by atoms with Gasteiger partial charge in [-0.2, -0.15) is 11.8 Å². The summed E-state index contributed by atoms with van der Waals surface area (Å²) in [4.78, 5) is 1.13. The molecule has 0 aromatic heterocycles. The molecule has 0 N–H and O–H groups in total. The normalized spacial score (nSPS) is 15.3. The first-order valence-corrected chi connectivity index (χ1v) is 11.5. The molecule has 1 atom stereocenters. The number of rotatable bonds is 5. The lowest BCUT2D eigenvalue weighted by atomic mass is 10.4. The molecule has 0 amide bonds. The lowest BCUT2D eigenvalue weighted by Gasteiger charge is -2.10. The number of hydrogen-bond donors (Lipinski definition) is 0. The zero-order chi connectivity index (χ0) is 7.11. The molecule has 0 unspecified atom stereocenters. The van der Waals surface area contributed by atoms with Crippen molar-refractivity contribution in [2.45, 2.75) is 31.6 Å². The molecule has 0 saturated carbocycles. The van der Waals surface area contributed by atoms with Gasteiger partial charge in [0.2, 0.25) is 0 Å². The number of hydrogen-bond acceptors (Lipinski definition) is 1. The van der Waals surface area contributed by atoms with Gasteiger partial charge in [-0.3, -0.25) is 0 Å². The predicted molar refractivity (Wildman–Crippen MR) is 55.3 cm³/mol. The fourth-order valence-electron chi connectivity index (χ4n) is 0.963. The molecule has 0 heterocycles. The van der Waals surface area contributed by atoms with Gasteiger partial charge in [0, 0.05) is 9.04 Å². The number of thioether (sulfide) groups is 1. The van der Waals surface area contributed by atoms with Crippen LogP contribution in [0.25, 0.3) is 0 Å². The van der Waals surface area contributed by atoms with Gasteiger partial charge in [-0.1, -0.05) is 20.3 Å². The summed E-state index contributed by atoms with van der Waals surface area (Å²) >= 11 is 2.20. The van der Waals surface area contributed by atoms with E-state index in [1.54, 1.807) is 0 Å². The maximum atomic E-state index is 2.30. The highest BCUT2D eigenvalue weighted by molar-refractivity contribution is 8.01. The fraction of sp³-hybridized carbons (Fsp3) is 1.00. The Hall–Kier alpha value is 0.784. The van der Waals surface area contributed by atoms with E-state index in [2.05, 4.69) is 25.6 Å². The fourth-order valence-corrected chi connectivity index (χ4v) is 7.65. The lowest BCUT2D eigenvalue weighted by Crippen LogP contribution is -2.12. The summed E-state index contributed by atoms with van der Waals surface area (Å²) in [5.74, 6) is 1.33. The van der Waals surface area contributed by atoms with E-state index in [1.165, 1.54) is 28.4 Å². The minimum atomic E-state index is 0.408. The Bertz CT molecular complexity index is 53.0. The summed E-state index contributed by atoms with van der Waals surface area (Å²) in [5.41, 5.74) is 0. The van der Waals surface area contributed by atoms with E-state index >= 15 is 0 Å². The molecule has 0 aliphatic rings. The SMILES string of the molecule is CCC[C@@H]([SiH2][SiH3])SCC. The zero-order valence-electron chi connectivity index (χ0n) is 6.81. The molecule has 0 radical (unpaired) electrons. The second-order valence-corrected chi connectivity index (χ2v) is 8.69. The van der Waals surface area contributed by atoms with E-state index in [1.807, 2.05) is 0 Å². The van der Waals surface area contributed by atoms with Crippen molar-refractivity contribution >= 4 is 30.6 Å². The average Bonchev–Trinajstić information content (AvgIpc) is 1.88. The van der Waals surface area contributed by atoms with Crippen LogP contribution in [0.4, 0.5) is 0 Å². The van der Waals surface area contributed by atoms with Gasteiger partial charge in [-0.05, 0) is 26.8 Å². The van der Waals surface area contributed by atoms with Gasteiger partial charge in [0.1, 0.15) is 0 Å². The van der Waals surface area contributed by atoms with Crippen LogP contribution in [0, 0.1) is 0 Å². The van der Waals surface area contributed by atoms with Gasteiger partial charge in [0.15, 0.2) is 0 Å².